The molecule has 0 saturated carbocycles. The molecule has 12 nitrogen and oxygen atoms in total. The average molecular weight is 408 g/mol. The largest absolute Gasteiger partial charge is 0.474 e. The van der Waals surface area contributed by atoms with Crippen molar-refractivity contribution >= 4 is 39.9 Å². The normalized spacial score (nSPS) is 15.7. The number of nitrogens with one attached hydrogen (secondary N) is 1. The van der Waals surface area contributed by atoms with E-state index in [0.717, 1.165) is 16.2 Å². The minimum absolute atomic E-state index is 0.0728. The number of fused-ring (bicyclic) bond motifs is 1. The van der Waals surface area contributed by atoms with Gasteiger partial charge in [0.15, 0.2) is 11.9 Å². The molecule has 2 aromatic heterocycles. The summed E-state index contributed by atoms with van der Waals surface area (Å²) in [6.07, 6.45) is -0.442. The van der Waals surface area contributed by atoms with E-state index >= 15 is 0 Å². The maximum atomic E-state index is 12.6. The highest BCUT2D eigenvalue weighted by molar-refractivity contribution is 7.15. The molecule has 148 valence electrons. The quantitative estimate of drug-likeness (QED) is 0.525. The zero-order chi connectivity index (χ0) is 20.3. The summed E-state index contributed by atoms with van der Waals surface area (Å²) >= 11 is 1.13. The number of methoxy groups -OCH3 is 1. The van der Waals surface area contributed by atoms with Gasteiger partial charge in [-0.15, -0.1) is 10.2 Å². The molecular formula is C15H16N6O6S. The predicted octanol–water partition coefficient (Wildman–Crippen LogP) is 1.13. The maximum Gasteiger partial charge on any atom is 0.366 e. The summed E-state index contributed by atoms with van der Waals surface area (Å²) < 4.78 is 10.5. The predicted molar refractivity (Wildman–Crippen MR) is 97.2 cm³/mol. The van der Waals surface area contributed by atoms with Gasteiger partial charge < -0.3 is 19.6 Å². The molecule has 0 saturated heterocycles. The van der Waals surface area contributed by atoms with Gasteiger partial charge in [-0.05, 0) is 22.4 Å². The summed E-state index contributed by atoms with van der Waals surface area (Å²) in [5.41, 5.74) is 0. The SMILES string of the molecule is CCC1Oc2ccc([N+](=O)[O-])nc2N(CC(=O)Nc2nnc(COC)s2)C1=O. The van der Waals surface area contributed by atoms with E-state index in [1.54, 1.807) is 6.92 Å². The highest BCUT2D eigenvalue weighted by Gasteiger charge is 2.39. The van der Waals surface area contributed by atoms with E-state index in [4.69, 9.17) is 9.47 Å². The summed E-state index contributed by atoms with van der Waals surface area (Å²) in [5.74, 6) is -1.39. The molecule has 13 heteroatoms. The number of amides is 2. The van der Waals surface area contributed by atoms with Crippen LogP contribution in [0.5, 0.6) is 5.75 Å². The van der Waals surface area contributed by atoms with E-state index < -0.39 is 35.2 Å². The number of carbonyl (C=O) groups excluding carboxylic acids is 2. The van der Waals surface area contributed by atoms with Crippen LogP contribution in [-0.2, 0) is 20.9 Å². The van der Waals surface area contributed by atoms with Gasteiger partial charge in [-0.1, -0.05) is 18.3 Å². The van der Waals surface area contributed by atoms with E-state index in [2.05, 4.69) is 20.5 Å². The molecule has 0 aliphatic carbocycles. The first kappa shape index (κ1) is 19.6. The fourth-order valence-corrected chi connectivity index (χ4v) is 3.22. The Morgan fingerprint density at radius 1 is 1.46 bits per heavy atom. The van der Waals surface area contributed by atoms with Crippen molar-refractivity contribution in [1.29, 1.82) is 0 Å². The van der Waals surface area contributed by atoms with Gasteiger partial charge in [-0.3, -0.25) is 19.8 Å². The van der Waals surface area contributed by atoms with E-state index in [1.165, 1.54) is 19.2 Å². The Balaban J connectivity index is 1.82. The van der Waals surface area contributed by atoms with E-state index in [-0.39, 0.29) is 23.3 Å². The zero-order valence-corrected chi connectivity index (χ0v) is 15.8. The molecule has 3 rings (SSSR count). The lowest BCUT2D eigenvalue weighted by molar-refractivity contribution is -0.389. The molecule has 0 radical (unpaired) electrons. The molecule has 0 spiro atoms. The fourth-order valence-electron chi connectivity index (χ4n) is 2.49. The smallest absolute Gasteiger partial charge is 0.366 e. The third kappa shape index (κ3) is 4.04. The monoisotopic (exact) mass is 408 g/mol. The summed E-state index contributed by atoms with van der Waals surface area (Å²) in [6.45, 7) is 1.61. The number of nitrogens with zero attached hydrogens (tertiary/aromatic N) is 5. The van der Waals surface area contributed by atoms with Crippen LogP contribution in [0.4, 0.5) is 16.8 Å². The standard InChI is InChI=1S/C15H16N6O6S/c1-3-8-14(23)20(13-9(27-8)4-5-10(16-13)21(24)25)6-11(22)17-15-19-18-12(28-15)7-26-2/h4-5,8H,3,6-7H2,1-2H3,(H,17,19,22). The Hall–Kier alpha value is -3.19. The number of rotatable bonds is 7. The number of hydrogen-bond acceptors (Lipinski definition) is 10. The summed E-state index contributed by atoms with van der Waals surface area (Å²) in [5, 5.41) is 22.1. The highest BCUT2D eigenvalue weighted by atomic mass is 32.1. The second kappa shape index (κ2) is 8.22. The number of aromatic nitrogens is 3. The van der Waals surface area contributed by atoms with Gasteiger partial charge in [0, 0.05) is 13.2 Å². The number of hydrogen-bond donors (Lipinski definition) is 1. The first-order valence-corrected chi connectivity index (χ1v) is 8.99. The Kier molecular flexibility index (Phi) is 5.75. The third-order valence-corrected chi connectivity index (χ3v) is 4.54. The fraction of sp³-hybridized carbons (Fsp3) is 0.400. The van der Waals surface area contributed by atoms with Crippen molar-refractivity contribution in [2.24, 2.45) is 0 Å². The molecule has 2 aromatic rings. The lowest BCUT2D eigenvalue weighted by Gasteiger charge is -2.30. The van der Waals surface area contributed by atoms with Gasteiger partial charge in [0.1, 0.15) is 18.2 Å². The van der Waals surface area contributed by atoms with E-state index in [0.29, 0.717) is 11.4 Å². The van der Waals surface area contributed by atoms with Gasteiger partial charge in [-0.2, -0.15) is 0 Å². The van der Waals surface area contributed by atoms with Crippen LogP contribution in [0.25, 0.3) is 0 Å². The first-order chi connectivity index (χ1) is 13.4. The second-order valence-electron chi connectivity index (χ2n) is 5.67. The maximum absolute atomic E-state index is 12.6. The molecule has 0 bridgehead atoms. The van der Waals surface area contributed by atoms with Crippen molar-refractivity contribution in [2.75, 3.05) is 23.9 Å². The van der Waals surface area contributed by atoms with Crippen LogP contribution in [0.2, 0.25) is 0 Å². The van der Waals surface area contributed by atoms with Gasteiger partial charge in [0.2, 0.25) is 11.0 Å². The first-order valence-electron chi connectivity index (χ1n) is 8.17. The minimum Gasteiger partial charge on any atom is -0.474 e. The Bertz CT molecular complexity index is 918. The molecule has 1 atom stereocenters. The molecule has 1 unspecified atom stereocenters. The van der Waals surface area contributed by atoms with Crippen LogP contribution in [0, 0.1) is 10.1 Å². The third-order valence-electron chi connectivity index (χ3n) is 3.73. The Labute approximate surface area is 162 Å². The van der Waals surface area contributed by atoms with Crippen LogP contribution in [0.15, 0.2) is 12.1 Å². The Morgan fingerprint density at radius 3 is 2.93 bits per heavy atom. The van der Waals surface area contributed by atoms with Crippen LogP contribution in [-0.4, -0.2) is 51.7 Å². The molecule has 1 aliphatic heterocycles. The van der Waals surface area contributed by atoms with Gasteiger partial charge in [0.05, 0.1) is 0 Å². The van der Waals surface area contributed by atoms with Crippen LogP contribution in [0.3, 0.4) is 0 Å². The lowest BCUT2D eigenvalue weighted by Crippen LogP contribution is -2.49. The number of anilines is 2. The minimum atomic E-state index is -0.807. The van der Waals surface area contributed by atoms with Crippen molar-refractivity contribution in [2.45, 2.75) is 26.1 Å². The molecule has 1 aliphatic rings. The number of pyridine rings is 1. The Morgan fingerprint density at radius 2 is 2.25 bits per heavy atom. The second-order valence-corrected chi connectivity index (χ2v) is 6.73. The van der Waals surface area contributed by atoms with Gasteiger partial charge >= 0.3 is 5.82 Å². The van der Waals surface area contributed by atoms with Crippen molar-refractivity contribution in [3.63, 3.8) is 0 Å². The molecule has 1 N–H and O–H groups in total. The van der Waals surface area contributed by atoms with E-state index in [9.17, 15) is 19.7 Å². The summed E-state index contributed by atoms with van der Waals surface area (Å²) in [4.78, 5) is 40.3. The molecule has 2 amide bonds. The average Bonchev–Trinajstić information content (AvgIpc) is 3.10. The van der Waals surface area contributed by atoms with Gasteiger partial charge in [-0.25, -0.2) is 0 Å². The van der Waals surface area contributed by atoms with Crippen molar-refractivity contribution in [3.05, 3.63) is 27.3 Å². The van der Waals surface area contributed by atoms with Gasteiger partial charge in [0.25, 0.3) is 11.7 Å². The molecular weight excluding hydrogens is 392 g/mol. The van der Waals surface area contributed by atoms with Crippen molar-refractivity contribution in [3.8, 4) is 5.75 Å². The number of carbonyl (C=O) groups is 2. The molecule has 28 heavy (non-hydrogen) atoms. The van der Waals surface area contributed by atoms with Crippen molar-refractivity contribution in [1.82, 2.24) is 15.2 Å². The molecule has 0 fully saturated rings. The number of nitro groups is 1. The van der Waals surface area contributed by atoms with Crippen LogP contribution in [0.1, 0.15) is 18.4 Å². The molecule has 0 aromatic carbocycles. The summed E-state index contributed by atoms with van der Waals surface area (Å²) in [6, 6.07) is 2.54. The van der Waals surface area contributed by atoms with Crippen molar-refractivity contribution < 1.29 is 24.0 Å². The molecule has 3 heterocycles. The van der Waals surface area contributed by atoms with Crippen LogP contribution >= 0.6 is 11.3 Å². The van der Waals surface area contributed by atoms with Crippen LogP contribution < -0.4 is 15.0 Å². The van der Waals surface area contributed by atoms with E-state index in [1.807, 2.05) is 0 Å². The highest BCUT2D eigenvalue weighted by Crippen LogP contribution is 2.34. The number of ether oxygens (including phenoxy) is 2. The zero-order valence-electron chi connectivity index (χ0n) is 14.9. The summed E-state index contributed by atoms with van der Waals surface area (Å²) in [7, 11) is 1.51. The topological polar surface area (TPSA) is 150 Å². The lowest BCUT2D eigenvalue weighted by atomic mass is 10.2.